The average molecular weight is 408 g/mol. The van der Waals surface area contributed by atoms with Crippen molar-refractivity contribution in [2.24, 2.45) is 5.92 Å². The Bertz CT molecular complexity index is 934. The molecule has 1 saturated heterocycles. The molecule has 0 unspecified atom stereocenters. The van der Waals surface area contributed by atoms with Crippen LogP contribution in [0.1, 0.15) is 6.42 Å². The summed E-state index contributed by atoms with van der Waals surface area (Å²) in [6.45, 7) is 1.34. The van der Waals surface area contributed by atoms with Gasteiger partial charge in [0.2, 0.25) is 9.84 Å². The number of nitrogen functional groups attached to an aromatic ring is 1. The van der Waals surface area contributed by atoms with Crippen LogP contribution in [0.2, 0.25) is 0 Å². The minimum absolute atomic E-state index is 0.0816. The second-order valence-corrected chi connectivity index (χ2v) is 8.00. The van der Waals surface area contributed by atoms with E-state index in [0.717, 1.165) is 18.6 Å². The van der Waals surface area contributed by atoms with E-state index in [1.54, 1.807) is 0 Å². The Morgan fingerprint density at radius 1 is 1.30 bits per heavy atom. The summed E-state index contributed by atoms with van der Waals surface area (Å²) in [4.78, 5) is -0.765. The van der Waals surface area contributed by atoms with E-state index in [-0.39, 0.29) is 16.6 Å². The number of halogens is 4. The molecule has 0 radical (unpaired) electrons. The molecule has 2 heterocycles. The fourth-order valence-electron chi connectivity index (χ4n) is 2.90. The van der Waals surface area contributed by atoms with E-state index in [1.165, 1.54) is 16.8 Å². The lowest BCUT2D eigenvalue weighted by Gasteiger charge is -2.14. The third-order valence-electron chi connectivity index (χ3n) is 4.06. The van der Waals surface area contributed by atoms with Gasteiger partial charge in [0.15, 0.2) is 0 Å². The number of benzene rings is 1. The first kappa shape index (κ1) is 19.5. The Labute approximate surface area is 152 Å². The van der Waals surface area contributed by atoms with Gasteiger partial charge in [-0.2, -0.15) is 0 Å². The summed E-state index contributed by atoms with van der Waals surface area (Å²) < 4.78 is 86.9. The number of aromatic nitrogens is 1. The molecule has 11 heteroatoms. The fraction of sp³-hybridized carbons (Fsp3) is 0.375. The summed E-state index contributed by atoms with van der Waals surface area (Å²) in [7, 11) is -4.35. The van der Waals surface area contributed by atoms with Gasteiger partial charge in [0.05, 0.1) is 12.3 Å². The minimum atomic E-state index is -5.01. The van der Waals surface area contributed by atoms with Crippen molar-refractivity contribution in [3.63, 3.8) is 0 Å². The summed E-state index contributed by atoms with van der Waals surface area (Å²) in [6, 6.07) is 3.04. The molecule has 1 aliphatic rings. The van der Waals surface area contributed by atoms with E-state index < -0.39 is 32.7 Å². The molecule has 0 bridgehead atoms. The van der Waals surface area contributed by atoms with Crippen LogP contribution in [0, 0.1) is 11.7 Å². The van der Waals surface area contributed by atoms with Gasteiger partial charge in [-0.3, -0.25) is 0 Å². The van der Waals surface area contributed by atoms with Crippen LogP contribution < -0.4 is 10.5 Å². The molecule has 6 nitrogen and oxygen atoms in total. The summed E-state index contributed by atoms with van der Waals surface area (Å²) >= 11 is 0. The van der Waals surface area contributed by atoms with Crippen LogP contribution in [0.5, 0.6) is 5.75 Å². The molecule has 0 spiro atoms. The number of hydrogen-bond acceptors (Lipinski definition) is 5. The van der Waals surface area contributed by atoms with Crippen molar-refractivity contribution in [1.82, 2.24) is 4.57 Å². The van der Waals surface area contributed by atoms with E-state index in [2.05, 4.69) is 4.74 Å². The standard InChI is InChI=1S/C16H16F4N2O4S/c17-13-6-12(26-16(18,19)20)1-2-14(13)27(23,24)15-5-11(21)8-22(15)7-10-3-4-25-9-10/h1-2,5-6,8,10H,3-4,7,9,21H2/t10-/m1/s1. The second kappa shape index (κ2) is 7.04. The molecule has 0 amide bonds. The molecule has 2 N–H and O–H groups in total. The topological polar surface area (TPSA) is 83.5 Å². The van der Waals surface area contributed by atoms with Crippen LogP contribution in [0.4, 0.5) is 23.2 Å². The summed E-state index contributed by atoms with van der Waals surface area (Å²) in [5.74, 6) is -2.12. The van der Waals surface area contributed by atoms with Crippen molar-refractivity contribution < 1.29 is 35.5 Å². The number of ether oxygens (including phenoxy) is 2. The number of sulfone groups is 1. The highest BCUT2D eigenvalue weighted by Crippen LogP contribution is 2.31. The van der Waals surface area contributed by atoms with Gasteiger partial charge in [-0.1, -0.05) is 0 Å². The Hall–Kier alpha value is -2.27. The average Bonchev–Trinajstić information content (AvgIpc) is 3.15. The summed E-state index contributed by atoms with van der Waals surface area (Å²) in [5, 5.41) is -0.240. The lowest BCUT2D eigenvalue weighted by molar-refractivity contribution is -0.274. The Morgan fingerprint density at radius 3 is 2.63 bits per heavy atom. The van der Waals surface area contributed by atoms with Crippen LogP contribution in [0.15, 0.2) is 40.4 Å². The first-order valence-electron chi connectivity index (χ1n) is 7.90. The van der Waals surface area contributed by atoms with Gasteiger partial charge >= 0.3 is 6.36 Å². The molecule has 0 saturated carbocycles. The van der Waals surface area contributed by atoms with Gasteiger partial charge in [-0.15, -0.1) is 13.2 Å². The molecule has 1 aromatic carbocycles. The molecule has 0 aliphatic carbocycles. The van der Waals surface area contributed by atoms with Crippen LogP contribution in [-0.4, -0.2) is 32.6 Å². The van der Waals surface area contributed by atoms with Crippen LogP contribution in [0.25, 0.3) is 0 Å². The lowest BCUT2D eigenvalue weighted by atomic mass is 10.1. The van der Waals surface area contributed by atoms with Crippen LogP contribution in [0.3, 0.4) is 0 Å². The Morgan fingerprint density at radius 2 is 2.04 bits per heavy atom. The zero-order valence-corrected chi connectivity index (χ0v) is 14.7. The van der Waals surface area contributed by atoms with Crippen LogP contribution in [-0.2, 0) is 21.1 Å². The van der Waals surface area contributed by atoms with E-state index >= 15 is 0 Å². The molecular weight excluding hydrogens is 392 g/mol. The zero-order valence-electron chi connectivity index (χ0n) is 13.9. The number of hydrogen-bond donors (Lipinski definition) is 1. The monoisotopic (exact) mass is 408 g/mol. The Balaban J connectivity index is 1.95. The van der Waals surface area contributed by atoms with Crippen LogP contribution >= 0.6 is 0 Å². The maximum Gasteiger partial charge on any atom is 0.573 e. The first-order valence-corrected chi connectivity index (χ1v) is 9.38. The predicted octanol–water partition coefficient (Wildman–Crippen LogP) is 2.98. The number of anilines is 1. The molecule has 3 rings (SSSR count). The minimum Gasteiger partial charge on any atom is -0.406 e. The molecular formula is C16H16F4N2O4S. The van der Waals surface area contributed by atoms with Gasteiger partial charge in [0, 0.05) is 31.3 Å². The van der Waals surface area contributed by atoms with Crippen molar-refractivity contribution in [3.8, 4) is 5.75 Å². The highest BCUT2D eigenvalue weighted by molar-refractivity contribution is 7.91. The van der Waals surface area contributed by atoms with E-state index in [0.29, 0.717) is 25.8 Å². The molecule has 1 aliphatic heterocycles. The number of rotatable bonds is 5. The quantitative estimate of drug-likeness (QED) is 0.769. The first-order chi connectivity index (χ1) is 12.6. The molecule has 27 heavy (non-hydrogen) atoms. The number of nitrogens with zero attached hydrogens (tertiary/aromatic N) is 1. The van der Waals surface area contributed by atoms with E-state index in [9.17, 15) is 26.0 Å². The zero-order chi connectivity index (χ0) is 19.8. The molecule has 1 atom stereocenters. The van der Waals surface area contributed by atoms with Gasteiger partial charge in [0.25, 0.3) is 0 Å². The van der Waals surface area contributed by atoms with Crippen molar-refractivity contribution in [2.75, 3.05) is 18.9 Å². The van der Waals surface area contributed by atoms with Gasteiger partial charge in [-0.25, -0.2) is 12.8 Å². The molecule has 1 fully saturated rings. The van der Waals surface area contributed by atoms with Crippen molar-refractivity contribution >= 4 is 15.5 Å². The third kappa shape index (κ3) is 4.35. The van der Waals surface area contributed by atoms with Crippen molar-refractivity contribution in [2.45, 2.75) is 29.2 Å². The largest absolute Gasteiger partial charge is 0.573 e. The Kier molecular flexibility index (Phi) is 5.08. The van der Waals surface area contributed by atoms with E-state index in [1.807, 2.05) is 0 Å². The smallest absolute Gasteiger partial charge is 0.406 e. The fourth-order valence-corrected chi connectivity index (χ4v) is 4.41. The highest BCUT2D eigenvalue weighted by Gasteiger charge is 2.33. The maximum atomic E-state index is 14.3. The second-order valence-electron chi connectivity index (χ2n) is 6.14. The molecule has 2 aromatic rings. The predicted molar refractivity (Wildman–Crippen MR) is 86.3 cm³/mol. The van der Waals surface area contributed by atoms with Gasteiger partial charge in [-0.05, 0) is 24.6 Å². The summed E-state index contributed by atoms with van der Waals surface area (Å²) in [6.07, 6.45) is -2.85. The lowest BCUT2D eigenvalue weighted by Crippen LogP contribution is -2.18. The molecule has 148 valence electrons. The number of nitrogens with two attached hydrogens (primary N) is 1. The van der Waals surface area contributed by atoms with Crippen molar-refractivity contribution in [3.05, 3.63) is 36.3 Å². The highest BCUT2D eigenvalue weighted by atomic mass is 32.2. The third-order valence-corrected chi connectivity index (χ3v) is 5.87. The summed E-state index contributed by atoms with van der Waals surface area (Å²) in [5.41, 5.74) is 5.88. The number of alkyl halides is 3. The van der Waals surface area contributed by atoms with Crippen molar-refractivity contribution in [1.29, 1.82) is 0 Å². The van der Waals surface area contributed by atoms with Gasteiger partial charge in [0.1, 0.15) is 21.5 Å². The normalized spacial score (nSPS) is 18.0. The van der Waals surface area contributed by atoms with Gasteiger partial charge < -0.3 is 19.8 Å². The SMILES string of the molecule is Nc1cc(S(=O)(=O)c2ccc(OC(F)(F)F)cc2F)n(C[C@H]2CCOC2)c1. The maximum absolute atomic E-state index is 14.3. The molecule has 1 aromatic heterocycles. The van der Waals surface area contributed by atoms with E-state index in [4.69, 9.17) is 10.5 Å².